The second-order valence-corrected chi connectivity index (χ2v) is 6.82. The van der Waals surface area contributed by atoms with Crippen molar-refractivity contribution in [1.82, 2.24) is 0 Å². The van der Waals surface area contributed by atoms with Crippen molar-refractivity contribution in [2.75, 3.05) is 0 Å². The summed E-state index contributed by atoms with van der Waals surface area (Å²) in [5, 5.41) is 4.14. The number of hydrogen-bond donors (Lipinski definition) is 0. The fraction of sp³-hybridized carbons (Fsp3) is 0.0769. The number of hydrogen-bond acceptors (Lipinski definition) is 1. The maximum Gasteiger partial charge on any atom is 0.00744 e. The minimum Gasteiger partial charge on any atom is -0.106 e. The lowest BCUT2D eigenvalue weighted by Crippen LogP contribution is -1.83. The lowest BCUT2D eigenvalue weighted by molar-refractivity contribution is 1.23. The first-order valence-corrected chi connectivity index (χ1v) is 9.81. The molecule has 0 N–H and O–H groups in total. The molecule has 0 nitrogen and oxygen atoms in total. The second-order valence-electron chi connectivity index (χ2n) is 6.00. The van der Waals surface area contributed by atoms with E-state index < -0.39 is 0 Å². The van der Waals surface area contributed by atoms with E-state index in [9.17, 15) is 0 Å². The summed E-state index contributed by atoms with van der Waals surface area (Å²) in [5.74, 6) is 12.4. The van der Waals surface area contributed by atoms with Crippen LogP contribution in [0.15, 0.2) is 118 Å². The largest absolute Gasteiger partial charge is 0.106 e. The van der Waals surface area contributed by atoms with Crippen molar-refractivity contribution in [1.29, 1.82) is 0 Å². The van der Waals surface area contributed by atoms with Gasteiger partial charge in [0.05, 0.1) is 0 Å². The van der Waals surface area contributed by atoms with E-state index in [2.05, 4.69) is 107 Å². The van der Waals surface area contributed by atoms with Crippen molar-refractivity contribution in [3.63, 3.8) is 0 Å². The van der Waals surface area contributed by atoms with Gasteiger partial charge < -0.3 is 0 Å². The predicted octanol–water partition coefficient (Wildman–Crippen LogP) is 6.51. The fourth-order valence-electron chi connectivity index (χ4n) is 2.59. The maximum atomic E-state index is 3.20. The van der Waals surface area contributed by atoms with E-state index in [0.29, 0.717) is 0 Å². The van der Waals surface area contributed by atoms with E-state index in [1.807, 2.05) is 12.2 Å². The summed E-state index contributed by atoms with van der Waals surface area (Å²) in [5.41, 5.74) is 4.61. The minimum atomic E-state index is 0.821. The van der Waals surface area contributed by atoms with Gasteiger partial charge in [-0.1, -0.05) is 96.9 Å². The first kappa shape index (κ1) is 18.7. The zero-order valence-electron chi connectivity index (χ0n) is 15.1. The third kappa shape index (κ3) is 6.95. The maximum absolute atomic E-state index is 3.20. The lowest BCUT2D eigenvalue weighted by Gasteiger charge is -1.98. The molecule has 0 amide bonds. The molecule has 0 unspecified atom stereocenters. The van der Waals surface area contributed by atoms with Gasteiger partial charge in [0.1, 0.15) is 0 Å². The van der Waals surface area contributed by atoms with Gasteiger partial charge in [0.25, 0.3) is 0 Å². The Kier molecular flexibility index (Phi) is 7.44. The van der Waals surface area contributed by atoms with Crippen LogP contribution < -0.4 is 0 Å². The van der Waals surface area contributed by atoms with Crippen molar-refractivity contribution in [2.24, 2.45) is 0 Å². The van der Waals surface area contributed by atoms with E-state index in [1.165, 1.54) is 11.1 Å². The Hall–Kier alpha value is -3.13. The van der Waals surface area contributed by atoms with E-state index >= 15 is 0 Å². The predicted molar refractivity (Wildman–Crippen MR) is 120 cm³/mol. The molecule has 1 heteroatoms. The average Bonchev–Trinajstić information content (AvgIpc) is 3.04. The van der Waals surface area contributed by atoms with Gasteiger partial charge in [0.15, 0.2) is 0 Å². The zero-order chi connectivity index (χ0) is 18.6. The van der Waals surface area contributed by atoms with Crippen LogP contribution in [0.3, 0.4) is 0 Å². The quantitative estimate of drug-likeness (QED) is 0.442. The van der Waals surface area contributed by atoms with Crippen LogP contribution in [-0.2, 0) is 0 Å². The van der Waals surface area contributed by atoms with Crippen LogP contribution in [0.1, 0.15) is 12.8 Å². The minimum absolute atomic E-state index is 0.821. The second kappa shape index (κ2) is 10.8. The molecule has 130 valence electrons. The van der Waals surface area contributed by atoms with Crippen molar-refractivity contribution in [3.05, 3.63) is 118 Å². The summed E-state index contributed by atoms with van der Waals surface area (Å²) in [4.78, 5) is 0. The summed E-state index contributed by atoms with van der Waals surface area (Å²) in [7, 11) is 0. The van der Waals surface area contributed by atoms with Gasteiger partial charge in [-0.15, -0.1) is 11.8 Å². The zero-order valence-corrected chi connectivity index (χ0v) is 15.9. The first-order chi connectivity index (χ1) is 13.4. The average molecular weight is 365 g/mol. The highest BCUT2D eigenvalue weighted by Gasteiger charge is 2.00. The Morgan fingerprint density at radius 3 is 1.56 bits per heavy atom. The number of rotatable bonds is 0. The van der Waals surface area contributed by atoms with Crippen LogP contribution in [0.2, 0.25) is 0 Å². The molecule has 4 bridgehead atoms. The molecule has 0 spiro atoms. The molecule has 1 aliphatic heterocycles. The van der Waals surface area contributed by atoms with Crippen LogP contribution in [-0.4, -0.2) is 0 Å². The molecule has 0 saturated carbocycles. The summed E-state index contributed by atoms with van der Waals surface area (Å²) >= 11 is 1.66. The molecular weight excluding hydrogens is 344 g/mol. The highest BCUT2D eigenvalue weighted by molar-refractivity contribution is 8.04. The highest BCUT2D eigenvalue weighted by Crippen LogP contribution is 2.17. The molecule has 0 aromatic heterocycles. The topological polar surface area (TPSA) is 0 Å². The van der Waals surface area contributed by atoms with Gasteiger partial charge in [0, 0.05) is 24.0 Å². The number of fused-ring (bicyclic) bond motifs is 4. The summed E-state index contributed by atoms with van der Waals surface area (Å²) < 4.78 is 0. The molecule has 0 saturated heterocycles. The van der Waals surface area contributed by atoms with E-state index in [1.54, 1.807) is 11.8 Å². The summed E-state index contributed by atoms with van der Waals surface area (Å²) in [6.45, 7) is 0. The smallest absolute Gasteiger partial charge is 0.00744 e. The Morgan fingerprint density at radius 2 is 1.04 bits per heavy atom. The molecule has 3 rings (SSSR count). The highest BCUT2D eigenvalue weighted by atomic mass is 32.2. The first-order valence-electron chi connectivity index (χ1n) is 8.87. The third-order valence-corrected chi connectivity index (χ3v) is 4.52. The van der Waals surface area contributed by atoms with Gasteiger partial charge in [-0.25, -0.2) is 0 Å². The standard InChI is InChI=1S/C26H20S/c1-2-12-24-14-4-6-16-26(22-24)18-8-10-20-27-19-9-7-17-25-15-5-3-13-23(11-1)21-25/h3-10,13-20H,21-22H2/b17-7-,18-8+,19-9+,20-10+. The van der Waals surface area contributed by atoms with Gasteiger partial charge in [-0.05, 0) is 33.8 Å². The molecule has 27 heavy (non-hydrogen) atoms. The lowest BCUT2D eigenvalue weighted by atomic mass is 10.1. The Bertz CT molecular complexity index is 906. The Balaban J connectivity index is 1.87. The molecule has 3 aliphatic rings. The molecular formula is C26H20S. The van der Waals surface area contributed by atoms with Gasteiger partial charge >= 0.3 is 0 Å². The summed E-state index contributed by atoms with van der Waals surface area (Å²) in [6.07, 6.45) is 30.7. The van der Waals surface area contributed by atoms with Crippen LogP contribution in [0.4, 0.5) is 0 Å². The third-order valence-electron chi connectivity index (χ3n) is 3.89. The van der Waals surface area contributed by atoms with Crippen molar-refractivity contribution in [2.45, 2.75) is 12.8 Å². The van der Waals surface area contributed by atoms with Crippen LogP contribution >= 0.6 is 11.8 Å². The van der Waals surface area contributed by atoms with Crippen molar-refractivity contribution < 1.29 is 0 Å². The monoisotopic (exact) mass is 364 g/mol. The van der Waals surface area contributed by atoms with E-state index in [-0.39, 0.29) is 0 Å². The van der Waals surface area contributed by atoms with Crippen molar-refractivity contribution >= 4 is 11.8 Å². The Labute approximate surface area is 166 Å². The SMILES string of the molecule is C1#CC2=CC=CC=C(/C=C\C=C\S/C=C/C=C/C3=CC=CC=C(C#C1)C3)C2. The van der Waals surface area contributed by atoms with E-state index in [0.717, 1.165) is 24.0 Å². The normalized spacial score (nSPS) is 23.4. The van der Waals surface area contributed by atoms with Crippen LogP contribution in [0, 0.1) is 23.7 Å². The van der Waals surface area contributed by atoms with Crippen LogP contribution in [0.5, 0.6) is 0 Å². The molecule has 0 aromatic carbocycles. The molecule has 0 fully saturated rings. The summed E-state index contributed by atoms with van der Waals surface area (Å²) in [6, 6.07) is 0. The molecule has 1 heterocycles. The molecule has 2 aliphatic carbocycles. The van der Waals surface area contributed by atoms with Gasteiger partial charge in [0.2, 0.25) is 0 Å². The molecule has 0 atom stereocenters. The fourth-order valence-corrected chi connectivity index (χ4v) is 3.04. The van der Waals surface area contributed by atoms with Gasteiger partial charge in [-0.2, -0.15) is 0 Å². The van der Waals surface area contributed by atoms with Crippen molar-refractivity contribution in [3.8, 4) is 23.7 Å². The van der Waals surface area contributed by atoms with Gasteiger partial charge in [-0.3, -0.25) is 0 Å². The van der Waals surface area contributed by atoms with E-state index in [4.69, 9.17) is 0 Å². The number of allylic oxidation sites excluding steroid dienone is 18. The molecule has 0 radical (unpaired) electrons. The number of thioether (sulfide) groups is 1. The molecule has 0 aromatic rings. The van der Waals surface area contributed by atoms with Crippen LogP contribution in [0.25, 0.3) is 0 Å². The Morgan fingerprint density at radius 1 is 0.556 bits per heavy atom.